The van der Waals surface area contributed by atoms with E-state index in [9.17, 15) is 18.0 Å². The fourth-order valence-corrected chi connectivity index (χ4v) is 5.51. The van der Waals surface area contributed by atoms with Crippen molar-refractivity contribution in [3.63, 3.8) is 0 Å². The molecule has 0 amide bonds. The standard InChI is InChI=1S/C25H28N2O6S/c1-3-32-25(29)18-8-10-22(11-9-18)34(30,31)27(16-21-5-4-12-33-21)15-20-14-19-7-6-17(2)13-23(19)26-24(20)28/h6-11,13-14,21H,3-5,12,15-16H2,1-2H3,(H,26,28). The molecular weight excluding hydrogens is 456 g/mol. The Morgan fingerprint density at radius 2 is 1.94 bits per heavy atom. The summed E-state index contributed by atoms with van der Waals surface area (Å²) in [5, 5.41) is 0.827. The van der Waals surface area contributed by atoms with Crippen LogP contribution in [0.15, 0.2) is 58.2 Å². The van der Waals surface area contributed by atoms with Crippen LogP contribution in [0.25, 0.3) is 10.9 Å². The monoisotopic (exact) mass is 484 g/mol. The zero-order valence-corrected chi connectivity index (χ0v) is 20.1. The smallest absolute Gasteiger partial charge is 0.338 e. The maximum Gasteiger partial charge on any atom is 0.338 e. The first kappa shape index (κ1) is 24.1. The number of sulfonamides is 1. The highest BCUT2D eigenvalue weighted by atomic mass is 32.2. The zero-order chi connectivity index (χ0) is 24.3. The van der Waals surface area contributed by atoms with E-state index in [1.165, 1.54) is 28.6 Å². The lowest BCUT2D eigenvalue weighted by Gasteiger charge is -2.25. The summed E-state index contributed by atoms with van der Waals surface area (Å²) < 4.78 is 39.1. The summed E-state index contributed by atoms with van der Waals surface area (Å²) in [4.78, 5) is 27.6. The van der Waals surface area contributed by atoms with Gasteiger partial charge in [-0.3, -0.25) is 4.79 Å². The summed E-state index contributed by atoms with van der Waals surface area (Å²) in [6, 6.07) is 13.1. The molecule has 1 unspecified atom stereocenters. The Kier molecular flexibility index (Phi) is 7.16. The number of H-pyrrole nitrogens is 1. The van der Waals surface area contributed by atoms with Gasteiger partial charge < -0.3 is 14.5 Å². The van der Waals surface area contributed by atoms with Crippen LogP contribution in [-0.2, 0) is 26.0 Å². The van der Waals surface area contributed by atoms with Crippen LogP contribution in [0.4, 0.5) is 0 Å². The Hall–Kier alpha value is -3.01. The van der Waals surface area contributed by atoms with Crippen molar-refractivity contribution in [3.8, 4) is 0 Å². The summed E-state index contributed by atoms with van der Waals surface area (Å²) in [5.41, 5.74) is 2.01. The van der Waals surface area contributed by atoms with Gasteiger partial charge in [-0.25, -0.2) is 13.2 Å². The molecule has 2 aromatic carbocycles. The first-order valence-electron chi connectivity index (χ1n) is 11.3. The second-order valence-corrected chi connectivity index (χ2v) is 10.3. The quantitative estimate of drug-likeness (QED) is 0.492. The summed E-state index contributed by atoms with van der Waals surface area (Å²) in [6.45, 7) is 4.50. The van der Waals surface area contributed by atoms with Crippen molar-refractivity contribution >= 4 is 26.9 Å². The minimum Gasteiger partial charge on any atom is -0.462 e. The van der Waals surface area contributed by atoms with Crippen molar-refractivity contribution in [2.45, 2.75) is 44.2 Å². The summed E-state index contributed by atoms with van der Waals surface area (Å²) in [6.07, 6.45) is 1.37. The first-order chi connectivity index (χ1) is 16.3. The summed E-state index contributed by atoms with van der Waals surface area (Å²) in [5.74, 6) is -0.513. The van der Waals surface area contributed by atoms with E-state index >= 15 is 0 Å². The van der Waals surface area contributed by atoms with Gasteiger partial charge in [-0.2, -0.15) is 4.31 Å². The van der Waals surface area contributed by atoms with E-state index in [-0.39, 0.29) is 41.8 Å². The van der Waals surface area contributed by atoms with Gasteiger partial charge >= 0.3 is 5.97 Å². The van der Waals surface area contributed by atoms with Crippen LogP contribution < -0.4 is 5.56 Å². The molecule has 1 aliphatic rings. The van der Waals surface area contributed by atoms with Crippen LogP contribution in [-0.4, -0.2) is 49.5 Å². The Morgan fingerprint density at radius 1 is 1.18 bits per heavy atom. The lowest BCUT2D eigenvalue weighted by atomic mass is 10.1. The number of hydrogen-bond donors (Lipinski definition) is 1. The molecule has 0 spiro atoms. The number of aromatic nitrogens is 1. The van der Waals surface area contributed by atoms with E-state index in [0.717, 1.165) is 23.8 Å². The molecule has 1 atom stereocenters. The molecule has 8 nitrogen and oxygen atoms in total. The van der Waals surface area contributed by atoms with E-state index in [1.807, 2.05) is 25.1 Å². The van der Waals surface area contributed by atoms with Gasteiger partial charge in [0, 0.05) is 30.8 Å². The van der Waals surface area contributed by atoms with Gasteiger partial charge in [-0.05, 0) is 74.0 Å². The fraction of sp³-hybridized carbons (Fsp3) is 0.360. The molecule has 180 valence electrons. The molecular formula is C25H28N2O6S. The molecule has 0 aliphatic carbocycles. The van der Waals surface area contributed by atoms with Crippen molar-refractivity contribution in [2.24, 2.45) is 0 Å². The number of aromatic amines is 1. The van der Waals surface area contributed by atoms with Gasteiger partial charge in [0.2, 0.25) is 10.0 Å². The van der Waals surface area contributed by atoms with Crippen molar-refractivity contribution in [1.29, 1.82) is 0 Å². The number of carbonyl (C=O) groups excluding carboxylic acids is 1. The van der Waals surface area contributed by atoms with E-state index < -0.39 is 16.0 Å². The molecule has 34 heavy (non-hydrogen) atoms. The van der Waals surface area contributed by atoms with Gasteiger partial charge in [0.15, 0.2) is 0 Å². The SMILES string of the molecule is CCOC(=O)c1ccc(S(=O)(=O)N(Cc2cc3ccc(C)cc3[nH]c2=O)CC2CCCO2)cc1. The number of nitrogens with zero attached hydrogens (tertiary/aromatic N) is 1. The molecule has 1 fully saturated rings. The zero-order valence-electron chi connectivity index (χ0n) is 19.2. The molecule has 1 aliphatic heterocycles. The Morgan fingerprint density at radius 3 is 2.62 bits per heavy atom. The van der Waals surface area contributed by atoms with E-state index in [2.05, 4.69) is 4.98 Å². The number of carbonyl (C=O) groups is 1. The highest BCUT2D eigenvalue weighted by Crippen LogP contribution is 2.23. The summed E-state index contributed by atoms with van der Waals surface area (Å²) in [7, 11) is -3.97. The van der Waals surface area contributed by atoms with Gasteiger partial charge in [-0.1, -0.05) is 12.1 Å². The normalized spacial score (nSPS) is 16.3. The number of rotatable bonds is 8. The first-order valence-corrected chi connectivity index (χ1v) is 12.7. The lowest BCUT2D eigenvalue weighted by molar-refractivity contribution is 0.0526. The number of hydrogen-bond acceptors (Lipinski definition) is 6. The van der Waals surface area contributed by atoms with E-state index in [4.69, 9.17) is 9.47 Å². The molecule has 9 heteroatoms. The molecule has 0 radical (unpaired) electrons. The van der Waals surface area contributed by atoms with Gasteiger partial charge in [-0.15, -0.1) is 0 Å². The minimum atomic E-state index is -3.97. The molecule has 0 saturated carbocycles. The Labute approximate surface area is 198 Å². The van der Waals surface area contributed by atoms with E-state index in [1.54, 1.807) is 13.0 Å². The van der Waals surface area contributed by atoms with Crippen LogP contribution in [0.1, 0.15) is 41.3 Å². The minimum absolute atomic E-state index is 0.0337. The molecule has 1 aromatic heterocycles. The fourth-order valence-electron chi connectivity index (χ4n) is 4.06. The third-order valence-corrected chi connectivity index (χ3v) is 7.69. The topological polar surface area (TPSA) is 106 Å². The lowest BCUT2D eigenvalue weighted by Crippen LogP contribution is -2.38. The van der Waals surface area contributed by atoms with Crippen molar-refractivity contribution in [3.05, 3.63) is 75.6 Å². The molecule has 0 bridgehead atoms. The van der Waals surface area contributed by atoms with Gasteiger partial charge in [0.25, 0.3) is 5.56 Å². The average molecular weight is 485 g/mol. The number of nitrogens with one attached hydrogen (secondary N) is 1. The molecule has 1 N–H and O–H groups in total. The predicted octanol–water partition coefficient (Wildman–Crippen LogP) is 3.38. The van der Waals surface area contributed by atoms with Crippen LogP contribution >= 0.6 is 0 Å². The van der Waals surface area contributed by atoms with Crippen molar-refractivity contribution in [1.82, 2.24) is 9.29 Å². The predicted molar refractivity (Wildman–Crippen MR) is 128 cm³/mol. The Balaban J connectivity index is 1.67. The van der Waals surface area contributed by atoms with Crippen LogP contribution in [0.5, 0.6) is 0 Å². The maximum atomic E-state index is 13.6. The van der Waals surface area contributed by atoms with E-state index in [0.29, 0.717) is 17.7 Å². The van der Waals surface area contributed by atoms with Crippen LogP contribution in [0.2, 0.25) is 0 Å². The number of benzene rings is 2. The van der Waals surface area contributed by atoms with Gasteiger partial charge in [0.05, 0.1) is 23.2 Å². The highest BCUT2D eigenvalue weighted by Gasteiger charge is 2.30. The second kappa shape index (κ2) is 10.1. The molecule has 4 rings (SSSR count). The number of aryl methyl sites for hydroxylation is 1. The molecule has 2 heterocycles. The number of ether oxygens (including phenoxy) is 2. The largest absolute Gasteiger partial charge is 0.462 e. The number of pyridine rings is 1. The third kappa shape index (κ3) is 5.22. The van der Waals surface area contributed by atoms with Crippen molar-refractivity contribution in [2.75, 3.05) is 19.8 Å². The second-order valence-electron chi connectivity index (χ2n) is 8.39. The number of fused-ring (bicyclic) bond motifs is 1. The molecule has 3 aromatic rings. The van der Waals surface area contributed by atoms with Gasteiger partial charge in [0.1, 0.15) is 0 Å². The molecule has 1 saturated heterocycles. The van der Waals surface area contributed by atoms with Crippen LogP contribution in [0, 0.1) is 6.92 Å². The van der Waals surface area contributed by atoms with Crippen molar-refractivity contribution < 1.29 is 22.7 Å². The summed E-state index contributed by atoms with van der Waals surface area (Å²) >= 11 is 0. The third-order valence-electron chi connectivity index (χ3n) is 5.86. The maximum absolute atomic E-state index is 13.6. The van der Waals surface area contributed by atoms with Crippen LogP contribution in [0.3, 0.4) is 0 Å². The number of esters is 1. The average Bonchev–Trinajstić information content (AvgIpc) is 3.32. The Bertz CT molecular complexity index is 1340. The highest BCUT2D eigenvalue weighted by molar-refractivity contribution is 7.89.